The first-order chi connectivity index (χ1) is 11.1. The number of benzene rings is 1. The van der Waals surface area contributed by atoms with Gasteiger partial charge in [0.2, 0.25) is 0 Å². The van der Waals surface area contributed by atoms with Gasteiger partial charge in [-0.1, -0.05) is 17.7 Å². The molecule has 4 fully saturated rings. The van der Waals surface area contributed by atoms with E-state index in [9.17, 15) is 4.79 Å². The molecule has 124 valence electrons. The van der Waals surface area contributed by atoms with E-state index in [2.05, 4.69) is 13.0 Å². The number of carbonyl (C=O) groups is 1. The molecule has 0 aromatic heterocycles. The Labute approximate surface area is 138 Å². The minimum absolute atomic E-state index is 0.345. The fraction of sp³-hybridized carbons (Fsp3) is 0.650. The van der Waals surface area contributed by atoms with Crippen LogP contribution in [0.1, 0.15) is 56.1 Å². The molecule has 0 radical (unpaired) electrons. The fourth-order valence-corrected chi connectivity index (χ4v) is 5.69. The third kappa shape index (κ3) is 2.75. The molecule has 5 rings (SSSR count). The van der Waals surface area contributed by atoms with Crippen LogP contribution in [0.2, 0.25) is 0 Å². The summed E-state index contributed by atoms with van der Waals surface area (Å²) in [6.07, 6.45) is 6.34. The van der Waals surface area contributed by atoms with Crippen LogP contribution in [-0.4, -0.2) is 12.8 Å². The highest BCUT2D eigenvalue weighted by Crippen LogP contribution is 2.60. The van der Waals surface area contributed by atoms with Crippen LogP contribution in [0.15, 0.2) is 18.2 Å². The van der Waals surface area contributed by atoms with Crippen molar-refractivity contribution < 1.29 is 14.3 Å². The molecule has 0 N–H and O–H groups in total. The minimum Gasteiger partial charge on any atom is -0.434 e. The average molecular weight is 314 g/mol. The summed E-state index contributed by atoms with van der Waals surface area (Å²) in [5.41, 5.74) is 2.48. The molecular weight excluding hydrogens is 288 g/mol. The second kappa shape index (κ2) is 5.85. The van der Waals surface area contributed by atoms with Gasteiger partial charge in [0.1, 0.15) is 5.75 Å². The lowest BCUT2D eigenvalue weighted by molar-refractivity contribution is -0.00370. The van der Waals surface area contributed by atoms with E-state index in [1.165, 1.54) is 43.2 Å². The van der Waals surface area contributed by atoms with E-state index in [-0.39, 0.29) is 0 Å². The number of hydrogen-bond acceptors (Lipinski definition) is 3. The lowest BCUT2D eigenvalue weighted by atomic mass is 9.50. The van der Waals surface area contributed by atoms with Crippen LogP contribution in [-0.2, 0) is 4.74 Å². The van der Waals surface area contributed by atoms with Crippen LogP contribution in [0, 0.1) is 30.6 Å². The number of rotatable bonds is 3. The third-order valence-electron chi connectivity index (χ3n) is 6.21. The summed E-state index contributed by atoms with van der Waals surface area (Å²) < 4.78 is 10.5. The molecule has 4 bridgehead atoms. The van der Waals surface area contributed by atoms with Crippen LogP contribution in [0.4, 0.5) is 4.79 Å². The van der Waals surface area contributed by atoms with Gasteiger partial charge in [-0.25, -0.2) is 4.79 Å². The van der Waals surface area contributed by atoms with Crippen LogP contribution in [0.5, 0.6) is 5.75 Å². The highest BCUT2D eigenvalue weighted by Gasteiger charge is 2.49. The van der Waals surface area contributed by atoms with Gasteiger partial charge >= 0.3 is 6.16 Å². The minimum atomic E-state index is -0.582. The van der Waals surface area contributed by atoms with Gasteiger partial charge in [-0.15, -0.1) is 0 Å². The average Bonchev–Trinajstić information content (AvgIpc) is 2.49. The molecule has 1 aromatic rings. The normalized spacial score (nSPS) is 34.4. The topological polar surface area (TPSA) is 35.5 Å². The zero-order chi connectivity index (χ0) is 16.0. The molecule has 0 aliphatic heterocycles. The first-order valence-electron chi connectivity index (χ1n) is 9.09. The lowest BCUT2D eigenvalue weighted by Gasteiger charge is -2.54. The molecule has 23 heavy (non-hydrogen) atoms. The van der Waals surface area contributed by atoms with Crippen LogP contribution in [0.25, 0.3) is 0 Å². The summed E-state index contributed by atoms with van der Waals surface area (Å²) >= 11 is 0. The maximum Gasteiger partial charge on any atom is 0.513 e. The SMILES string of the molecule is CCOC(=O)Oc1ccc(C)cc1C1C2CC3CC(C2)CC1C3. The predicted molar refractivity (Wildman–Crippen MR) is 88.6 cm³/mol. The first kappa shape index (κ1) is 15.0. The molecule has 3 heteroatoms. The molecule has 1 aromatic carbocycles. The van der Waals surface area contributed by atoms with Crippen molar-refractivity contribution in [2.24, 2.45) is 23.7 Å². The Morgan fingerprint density at radius 2 is 1.74 bits per heavy atom. The van der Waals surface area contributed by atoms with Gasteiger partial charge in [-0.05, 0) is 87.2 Å². The van der Waals surface area contributed by atoms with E-state index in [1.807, 2.05) is 12.1 Å². The van der Waals surface area contributed by atoms with Crippen molar-refractivity contribution in [1.29, 1.82) is 0 Å². The van der Waals surface area contributed by atoms with Gasteiger partial charge in [0.15, 0.2) is 0 Å². The molecule has 0 unspecified atom stereocenters. The van der Waals surface area contributed by atoms with Crippen molar-refractivity contribution in [1.82, 2.24) is 0 Å². The summed E-state index contributed by atoms with van der Waals surface area (Å²) in [6.45, 7) is 4.26. The monoisotopic (exact) mass is 314 g/mol. The molecule has 0 spiro atoms. The van der Waals surface area contributed by atoms with E-state index >= 15 is 0 Å². The summed E-state index contributed by atoms with van der Waals surface area (Å²) in [5, 5.41) is 0. The third-order valence-corrected chi connectivity index (χ3v) is 6.21. The second-order valence-corrected chi connectivity index (χ2v) is 7.78. The summed E-state index contributed by atoms with van der Waals surface area (Å²) in [6, 6.07) is 6.21. The largest absolute Gasteiger partial charge is 0.513 e. The van der Waals surface area contributed by atoms with E-state index in [1.54, 1.807) is 6.92 Å². The molecule has 0 heterocycles. The fourth-order valence-electron chi connectivity index (χ4n) is 5.69. The molecule has 0 atom stereocenters. The Morgan fingerprint density at radius 3 is 2.35 bits per heavy atom. The van der Waals surface area contributed by atoms with Gasteiger partial charge in [0.25, 0.3) is 0 Å². The summed E-state index contributed by atoms with van der Waals surface area (Å²) in [5.74, 6) is 4.73. The smallest absolute Gasteiger partial charge is 0.434 e. The van der Waals surface area contributed by atoms with Crippen LogP contribution >= 0.6 is 0 Å². The van der Waals surface area contributed by atoms with Crippen molar-refractivity contribution in [3.05, 3.63) is 29.3 Å². The number of ether oxygens (including phenoxy) is 2. The standard InChI is InChI=1S/C20H26O3/c1-3-22-20(21)23-18-5-4-12(2)6-17(18)19-15-8-13-7-14(10-15)11-16(19)9-13/h4-6,13-16,19H,3,7-11H2,1-2H3. The van der Waals surface area contributed by atoms with Crippen LogP contribution < -0.4 is 4.74 Å². The Kier molecular flexibility index (Phi) is 3.82. The predicted octanol–water partition coefficient (Wildman–Crippen LogP) is 5.07. The number of hydrogen-bond donors (Lipinski definition) is 0. The Balaban J connectivity index is 1.65. The first-order valence-corrected chi connectivity index (χ1v) is 9.09. The van der Waals surface area contributed by atoms with Crippen LogP contribution in [0.3, 0.4) is 0 Å². The number of aryl methyl sites for hydroxylation is 1. The second-order valence-electron chi connectivity index (χ2n) is 7.78. The van der Waals surface area contributed by atoms with Gasteiger partial charge in [-0.3, -0.25) is 0 Å². The zero-order valence-corrected chi connectivity index (χ0v) is 14.1. The molecule has 4 aliphatic rings. The van der Waals surface area contributed by atoms with Crippen molar-refractivity contribution in [2.45, 2.75) is 51.9 Å². The maximum atomic E-state index is 11.8. The zero-order valence-electron chi connectivity index (χ0n) is 14.1. The molecule has 4 aliphatic carbocycles. The van der Waals surface area contributed by atoms with Gasteiger partial charge in [0, 0.05) is 0 Å². The Bertz CT molecular complexity index is 579. The molecule has 0 saturated heterocycles. The van der Waals surface area contributed by atoms with Gasteiger partial charge in [-0.2, -0.15) is 0 Å². The summed E-state index contributed by atoms with van der Waals surface area (Å²) in [4.78, 5) is 11.8. The van der Waals surface area contributed by atoms with Crippen molar-refractivity contribution in [3.63, 3.8) is 0 Å². The van der Waals surface area contributed by atoms with Gasteiger partial charge < -0.3 is 9.47 Å². The van der Waals surface area contributed by atoms with Crippen molar-refractivity contribution >= 4 is 6.16 Å². The van der Waals surface area contributed by atoms with E-state index in [4.69, 9.17) is 9.47 Å². The Hall–Kier alpha value is -1.51. The van der Waals surface area contributed by atoms with Crippen molar-refractivity contribution in [2.75, 3.05) is 6.61 Å². The Morgan fingerprint density at radius 1 is 1.09 bits per heavy atom. The molecule has 3 nitrogen and oxygen atoms in total. The summed E-state index contributed by atoms with van der Waals surface area (Å²) in [7, 11) is 0. The number of carbonyl (C=O) groups excluding carboxylic acids is 1. The molecule has 4 saturated carbocycles. The lowest BCUT2D eigenvalue weighted by Crippen LogP contribution is -2.43. The van der Waals surface area contributed by atoms with E-state index in [0.29, 0.717) is 18.3 Å². The van der Waals surface area contributed by atoms with E-state index < -0.39 is 6.16 Å². The van der Waals surface area contributed by atoms with Crippen molar-refractivity contribution in [3.8, 4) is 5.75 Å². The quantitative estimate of drug-likeness (QED) is 0.577. The maximum absolute atomic E-state index is 11.8. The van der Waals surface area contributed by atoms with E-state index in [0.717, 1.165) is 23.7 Å². The van der Waals surface area contributed by atoms with Gasteiger partial charge in [0.05, 0.1) is 6.61 Å². The molecular formula is C20H26O3. The molecule has 0 amide bonds. The highest BCUT2D eigenvalue weighted by atomic mass is 16.7. The highest BCUT2D eigenvalue weighted by molar-refractivity contribution is 5.65.